The van der Waals surface area contributed by atoms with Crippen LogP contribution in [-0.2, 0) is 0 Å². The van der Waals surface area contributed by atoms with Crippen molar-refractivity contribution in [3.63, 3.8) is 0 Å². The number of allylic oxidation sites excluding steroid dienone is 5. The normalized spacial score (nSPS) is 12.6. The molecule has 0 aliphatic carbocycles. The molecule has 0 aliphatic heterocycles. The van der Waals surface area contributed by atoms with Crippen LogP contribution in [0.15, 0.2) is 54.2 Å². The standard InChI is InChI=1S/C10H13N/c1-4-6-8-11-9-10(3)7-5-2/h4-9H,1-2H2,3H3/b8-6-,10-7?,11-9?. The van der Waals surface area contributed by atoms with Crippen molar-refractivity contribution in [2.24, 2.45) is 4.99 Å². The van der Waals surface area contributed by atoms with Crippen molar-refractivity contribution < 1.29 is 0 Å². The van der Waals surface area contributed by atoms with Gasteiger partial charge in [-0.1, -0.05) is 31.4 Å². The van der Waals surface area contributed by atoms with Crippen LogP contribution in [0.3, 0.4) is 0 Å². The van der Waals surface area contributed by atoms with Crippen LogP contribution in [0, 0.1) is 0 Å². The Morgan fingerprint density at radius 2 is 2.00 bits per heavy atom. The third-order valence-electron chi connectivity index (χ3n) is 0.967. The molecular formula is C10H13N. The molecule has 0 aromatic rings. The summed E-state index contributed by atoms with van der Waals surface area (Å²) >= 11 is 0. The van der Waals surface area contributed by atoms with E-state index in [9.17, 15) is 0 Å². The van der Waals surface area contributed by atoms with Crippen LogP contribution in [0.2, 0.25) is 0 Å². The van der Waals surface area contributed by atoms with Gasteiger partial charge in [-0.15, -0.1) is 0 Å². The molecule has 0 amide bonds. The fraction of sp³-hybridized carbons (Fsp3) is 0.100. The number of aliphatic imine (C=N–C) groups is 1. The van der Waals surface area contributed by atoms with Gasteiger partial charge in [0.25, 0.3) is 0 Å². The van der Waals surface area contributed by atoms with Crippen molar-refractivity contribution in [1.82, 2.24) is 0 Å². The van der Waals surface area contributed by atoms with Gasteiger partial charge in [-0.25, -0.2) is 0 Å². The number of rotatable bonds is 4. The molecule has 0 atom stereocenters. The van der Waals surface area contributed by atoms with Crippen LogP contribution in [0.1, 0.15) is 6.92 Å². The van der Waals surface area contributed by atoms with Crippen molar-refractivity contribution >= 4 is 6.21 Å². The van der Waals surface area contributed by atoms with E-state index in [0.717, 1.165) is 5.57 Å². The van der Waals surface area contributed by atoms with Crippen molar-refractivity contribution in [3.05, 3.63) is 49.2 Å². The van der Waals surface area contributed by atoms with Gasteiger partial charge in [0.2, 0.25) is 0 Å². The first-order valence-electron chi connectivity index (χ1n) is 3.41. The Kier molecular flexibility index (Phi) is 5.91. The predicted molar refractivity (Wildman–Crippen MR) is 51.8 cm³/mol. The zero-order valence-corrected chi connectivity index (χ0v) is 6.83. The SMILES string of the molecule is C=CC=C(C)C=N/C=C\C=C. The fourth-order valence-corrected chi connectivity index (χ4v) is 0.500. The average Bonchev–Trinajstić information content (AvgIpc) is 1.99. The molecule has 1 heteroatoms. The molecule has 0 bridgehead atoms. The second kappa shape index (κ2) is 6.75. The number of hydrogen-bond donors (Lipinski definition) is 0. The van der Waals surface area contributed by atoms with E-state index in [0.29, 0.717) is 0 Å². The van der Waals surface area contributed by atoms with Crippen molar-refractivity contribution in [3.8, 4) is 0 Å². The highest BCUT2D eigenvalue weighted by Gasteiger charge is 1.74. The maximum Gasteiger partial charge on any atom is 0.0297 e. The summed E-state index contributed by atoms with van der Waals surface area (Å²) in [6.07, 6.45) is 10.5. The van der Waals surface area contributed by atoms with E-state index < -0.39 is 0 Å². The van der Waals surface area contributed by atoms with Gasteiger partial charge in [0, 0.05) is 12.4 Å². The highest BCUT2D eigenvalue weighted by atomic mass is 14.7. The zero-order valence-electron chi connectivity index (χ0n) is 6.83. The van der Waals surface area contributed by atoms with Gasteiger partial charge in [0.1, 0.15) is 0 Å². The number of hydrogen-bond acceptors (Lipinski definition) is 1. The Hall–Kier alpha value is -1.37. The first kappa shape index (κ1) is 9.63. The van der Waals surface area contributed by atoms with E-state index in [-0.39, 0.29) is 0 Å². The number of nitrogens with zero attached hydrogens (tertiary/aromatic N) is 1. The second-order valence-electron chi connectivity index (χ2n) is 2.00. The second-order valence-corrected chi connectivity index (χ2v) is 2.00. The molecule has 0 N–H and O–H groups in total. The van der Waals surface area contributed by atoms with Crippen molar-refractivity contribution in [2.45, 2.75) is 6.92 Å². The molecular weight excluding hydrogens is 134 g/mol. The summed E-state index contributed by atoms with van der Waals surface area (Å²) in [7, 11) is 0. The summed E-state index contributed by atoms with van der Waals surface area (Å²) in [5.74, 6) is 0. The lowest BCUT2D eigenvalue weighted by Crippen LogP contribution is -1.73. The van der Waals surface area contributed by atoms with Crippen molar-refractivity contribution in [1.29, 1.82) is 0 Å². The quantitative estimate of drug-likeness (QED) is 0.428. The molecule has 58 valence electrons. The molecule has 0 aliphatic rings. The lowest BCUT2D eigenvalue weighted by atomic mass is 10.3. The molecule has 0 saturated carbocycles. The topological polar surface area (TPSA) is 12.4 Å². The lowest BCUT2D eigenvalue weighted by molar-refractivity contribution is 1.53. The molecule has 0 heterocycles. The van der Waals surface area contributed by atoms with Crippen molar-refractivity contribution in [2.75, 3.05) is 0 Å². The highest BCUT2D eigenvalue weighted by Crippen LogP contribution is 1.87. The predicted octanol–water partition coefficient (Wildman–Crippen LogP) is 2.89. The van der Waals surface area contributed by atoms with Crippen LogP contribution in [0.25, 0.3) is 0 Å². The summed E-state index contributed by atoms with van der Waals surface area (Å²) < 4.78 is 0. The molecule has 1 nitrogen and oxygen atoms in total. The first-order chi connectivity index (χ1) is 5.31. The maximum atomic E-state index is 3.99. The highest BCUT2D eigenvalue weighted by molar-refractivity contribution is 5.78. The third-order valence-corrected chi connectivity index (χ3v) is 0.967. The summed E-state index contributed by atoms with van der Waals surface area (Å²) in [4.78, 5) is 3.99. The molecule has 0 unspecified atom stereocenters. The van der Waals surface area contributed by atoms with Crippen LogP contribution < -0.4 is 0 Å². The van der Waals surface area contributed by atoms with Crippen LogP contribution >= 0.6 is 0 Å². The van der Waals surface area contributed by atoms with Gasteiger partial charge in [0.15, 0.2) is 0 Å². The first-order valence-corrected chi connectivity index (χ1v) is 3.41. The molecule has 0 aromatic heterocycles. The summed E-state index contributed by atoms with van der Waals surface area (Å²) in [5.41, 5.74) is 1.08. The Labute approximate surface area is 68.2 Å². The van der Waals surface area contributed by atoms with Gasteiger partial charge in [-0.05, 0) is 18.6 Å². The molecule has 0 radical (unpaired) electrons. The Balaban J connectivity index is 3.91. The van der Waals surface area contributed by atoms with E-state index in [2.05, 4.69) is 18.2 Å². The van der Waals surface area contributed by atoms with E-state index in [1.54, 1.807) is 30.6 Å². The zero-order chi connectivity index (χ0) is 8.53. The molecule has 0 aromatic carbocycles. The minimum absolute atomic E-state index is 1.08. The third kappa shape index (κ3) is 6.52. The summed E-state index contributed by atoms with van der Waals surface area (Å²) in [6.45, 7) is 9.06. The van der Waals surface area contributed by atoms with E-state index in [1.165, 1.54) is 0 Å². The van der Waals surface area contributed by atoms with Gasteiger partial charge >= 0.3 is 0 Å². The average molecular weight is 147 g/mol. The summed E-state index contributed by atoms with van der Waals surface area (Å²) in [6, 6.07) is 0. The van der Waals surface area contributed by atoms with E-state index >= 15 is 0 Å². The molecule has 0 saturated heterocycles. The molecule has 11 heavy (non-hydrogen) atoms. The van der Waals surface area contributed by atoms with Gasteiger partial charge in [-0.3, -0.25) is 4.99 Å². The largest absolute Gasteiger partial charge is 0.264 e. The molecule has 0 fully saturated rings. The van der Waals surface area contributed by atoms with Crippen LogP contribution in [-0.4, -0.2) is 6.21 Å². The minimum Gasteiger partial charge on any atom is -0.264 e. The van der Waals surface area contributed by atoms with E-state index in [1.807, 2.05) is 13.0 Å². The molecule has 0 spiro atoms. The lowest BCUT2D eigenvalue weighted by Gasteiger charge is -1.83. The van der Waals surface area contributed by atoms with Gasteiger partial charge in [-0.2, -0.15) is 0 Å². The Morgan fingerprint density at radius 1 is 1.27 bits per heavy atom. The van der Waals surface area contributed by atoms with Gasteiger partial charge < -0.3 is 0 Å². The fourth-order valence-electron chi connectivity index (χ4n) is 0.500. The van der Waals surface area contributed by atoms with Crippen LogP contribution in [0.5, 0.6) is 0 Å². The molecule has 0 rings (SSSR count). The minimum atomic E-state index is 1.08. The monoisotopic (exact) mass is 147 g/mol. The van der Waals surface area contributed by atoms with Crippen LogP contribution in [0.4, 0.5) is 0 Å². The maximum absolute atomic E-state index is 3.99. The Morgan fingerprint density at radius 3 is 2.55 bits per heavy atom. The summed E-state index contributed by atoms with van der Waals surface area (Å²) in [5, 5.41) is 0. The van der Waals surface area contributed by atoms with E-state index in [4.69, 9.17) is 0 Å². The smallest absolute Gasteiger partial charge is 0.0297 e. The Bertz CT molecular complexity index is 207. The van der Waals surface area contributed by atoms with Gasteiger partial charge in [0.05, 0.1) is 0 Å².